The van der Waals surface area contributed by atoms with E-state index in [1.165, 1.54) is 0 Å². The molecule has 0 radical (unpaired) electrons. The average molecular weight is 494 g/mol. The molecule has 1 aromatic carbocycles. The minimum Gasteiger partial charge on any atom is -0.394 e. The molecular formula is C24H32ClN3O4S. The molecule has 2 unspecified atom stereocenters. The highest BCUT2D eigenvalue weighted by Crippen LogP contribution is 2.71. The molecule has 33 heavy (non-hydrogen) atoms. The molecule has 3 heterocycles. The Hall–Kier alpha value is -1.77. The Morgan fingerprint density at radius 3 is 2.64 bits per heavy atom. The minimum atomic E-state index is -0.792. The zero-order valence-electron chi connectivity index (χ0n) is 19.3. The number of carbonyl (C=O) groups is 3. The van der Waals surface area contributed by atoms with Crippen LogP contribution in [0.15, 0.2) is 24.3 Å². The smallest absolute Gasteiger partial charge is 0.248 e. The van der Waals surface area contributed by atoms with Gasteiger partial charge in [0.2, 0.25) is 17.7 Å². The molecule has 3 amide bonds. The molecule has 3 N–H and O–H groups in total. The third-order valence-corrected chi connectivity index (χ3v) is 9.82. The fraction of sp³-hybridized carbons (Fsp3) is 0.625. The number of rotatable bonds is 8. The molecule has 1 aromatic rings. The van der Waals surface area contributed by atoms with Crippen molar-refractivity contribution in [3.8, 4) is 0 Å². The van der Waals surface area contributed by atoms with Crippen molar-refractivity contribution in [2.75, 3.05) is 18.5 Å². The second-order valence-electron chi connectivity index (χ2n) is 9.48. The van der Waals surface area contributed by atoms with Gasteiger partial charge in [-0.05, 0) is 44.7 Å². The molecule has 180 valence electrons. The third-order valence-electron chi connectivity index (χ3n) is 7.50. The lowest BCUT2D eigenvalue weighted by molar-refractivity contribution is -0.142. The molecule has 9 heteroatoms. The maximum absolute atomic E-state index is 13.9. The fourth-order valence-corrected chi connectivity index (χ4v) is 8.52. The van der Waals surface area contributed by atoms with Crippen LogP contribution in [0.5, 0.6) is 0 Å². The van der Waals surface area contributed by atoms with Crippen molar-refractivity contribution in [1.29, 1.82) is 0 Å². The maximum Gasteiger partial charge on any atom is 0.248 e. The Kier molecular flexibility index (Phi) is 6.73. The van der Waals surface area contributed by atoms with E-state index in [4.69, 9.17) is 11.6 Å². The first-order valence-electron chi connectivity index (χ1n) is 11.7. The molecule has 0 aromatic heterocycles. The monoisotopic (exact) mass is 493 g/mol. The van der Waals surface area contributed by atoms with Gasteiger partial charge < -0.3 is 20.6 Å². The van der Waals surface area contributed by atoms with Gasteiger partial charge in [0.15, 0.2) is 0 Å². The van der Waals surface area contributed by atoms with Crippen LogP contribution < -0.4 is 10.6 Å². The molecule has 3 saturated heterocycles. The first-order chi connectivity index (χ1) is 15.7. The van der Waals surface area contributed by atoms with Crippen molar-refractivity contribution in [2.45, 2.75) is 68.0 Å². The van der Waals surface area contributed by atoms with Crippen molar-refractivity contribution in [3.05, 3.63) is 29.3 Å². The van der Waals surface area contributed by atoms with Crippen LogP contribution in [0.1, 0.15) is 46.5 Å². The normalized spacial score (nSPS) is 33.2. The highest BCUT2D eigenvalue weighted by molar-refractivity contribution is 8.02. The van der Waals surface area contributed by atoms with Crippen LogP contribution in [0.4, 0.5) is 5.69 Å². The highest BCUT2D eigenvalue weighted by Gasteiger charge is 2.77. The Morgan fingerprint density at radius 2 is 2.00 bits per heavy atom. The molecule has 1 spiro atoms. The number of likely N-dealkylation sites (tertiary alicyclic amines) is 1. The van der Waals surface area contributed by atoms with Gasteiger partial charge in [0, 0.05) is 11.3 Å². The first kappa shape index (κ1) is 24.4. The average Bonchev–Trinajstić information content (AvgIpc) is 3.36. The fourth-order valence-electron chi connectivity index (χ4n) is 5.99. The van der Waals surface area contributed by atoms with Crippen LogP contribution in [0, 0.1) is 11.8 Å². The van der Waals surface area contributed by atoms with E-state index in [9.17, 15) is 19.5 Å². The molecule has 2 bridgehead atoms. The van der Waals surface area contributed by atoms with Gasteiger partial charge in [0.25, 0.3) is 0 Å². The van der Waals surface area contributed by atoms with E-state index in [0.29, 0.717) is 30.1 Å². The first-order valence-corrected chi connectivity index (χ1v) is 12.9. The molecule has 4 rings (SSSR count). The number of carbonyl (C=O) groups excluding carboxylic acids is 3. The Labute approximate surface area is 204 Å². The lowest BCUT2D eigenvalue weighted by Crippen LogP contribution is -2.54. The van der Waals surface area contributed by atoms with Gasteiger partial charge in [-0.1, -0.05) is 37.6 Å². The zero-order valence-corrected chi connectivity index (χ0v) is 20.8. The summed E-state index contributed by atoms with van der Waals surface area (Å²) in [5.74, 6) is -1.75. The van der Waals surface area contributed by atoms with Crippen molar-refractivity contribution < 1.29 is 19.5 Å². The summed E-state index contributed by atoms with van der Waals surface area (Å²) >= 11 is 7.91. The summed E-state index contributed by atoms with van der Waals surface area (Å²) in [6.07, 6.45) is 2.74. The number of fused-ring (bicyclic) bond motifs is 1. The highest BCUT2D eigenvalue weighted by atomic mass is 35.5. The van der Waals surface area contributed by atoms with Crippen LogP contribution in [-0.2, 0) is 14.4 Å². The number of hydrogen-bond acceptors (Lipinski definition) is 5. The number of thioether (sulfide) groups is 1. The van der Waals surface area contributed by atoms with E-state index < -0.39 is 33.4 Å². The van der Waals surface area contributed by atoms with Crippen LogP contribution in [0.2, 0.25) is 5.02 Å². The second kappa shape index (κ2) is 9.12. The summed E-state index contributed by atoms with van der Waals surface area (Å²) in [6, 6.07) is 5.70. The summed E-state index contributed by atoms with van der Waals surface area (Å²) in [4.78, 5) is 42.5. The number of para-hydroxylation sites is 1. The summed E-state index contributed by atoms with van der Waals surface area (Å²) in [5.41, 5.74) is 0.481. The number of aliphatic hydroxyl groups excluding tert-OH is 1. The number of hydrogen-bond donors (Lipinski definition) is 3. The van der Waals surface area contributed by atoms with Crippen LogP contribution in [-0.4, -0.2) is 62.5 Å². The molecule has 7 nitrogen and oxygen atoms in total. The van der Waals surface area contributed by atoms with Crippen molar-refractivity contribution >= 4 is 46.8 Å². The van der Waals surface area contributed by atoms with Gasteiger partial charge in [-0.2, -0.15) is 0 Å². The number of amides is 3. The van der Waals surface area contributed by atoms with Gasteiger partial charge in [-0.3, -0.25) is 14.4 Å². The van der Waals surface area contributed by atoms with E-state index in [1.54, 1.807) is 40.9 Å². The number of benzene rings is 1. The maximum atomic E-state index is 13.9. The van der Waals surface area contributed by atoms with Crippen molar-refractivity contribution in [3.63, 3.8) is 0 Å². The summed E-state index contributed by atoms with van der Waals surface area (Å²) in [7, 11) is 0. The van der Waals surface area contributed by atoms with Crippen molar-refractivity contribution in [1.82, 2.24) is 10.2 Å². The Morgan fingerprint density at radius 1 is 1.27 bits per heavy atom. The summed E-state index contributed by atoms with van der Waals surface area (Å²) in [6.45, 7) is 6.24. The van der Waals surface area contributed by atoms with E-state index in [0.717, 1.165) is 12.8 Å². The lowest BCUT2D eigenvalue weighted by Gasteiger charge is -2.36. The quantitative estimate of drug-likeness (QED) is 0.517. The third kappa shape index (κ3) is 3.74. The molecule has 3 aliphatic rings. The molecular weight excluding hydrogens is 462 g/mol. The van der Waals surface area contributed by atoms with Gasteiger partial charge in [0.05, 0.1) is 39.9 Å². The number of aliphatic hydroxyl groups is 1. The number of nitrogens with zero attached hydrogens (tertiary/aromatic N) is 1. The van der Waals surface area contributed by atoms with Gasteiger partial charge in [-0.15, -0.1) is 11.8 Å². The van der Waals surface area contributed by atoms with Crippen LogP contribution in [0.25, 0.3) is 0 Å². The SMILES string of the molecule is CCCNC(=O)[C@@H]1[C@H]2C(=O)N([C@@H](CC)CO)C(C(=O)Nc3ccccc3Cl)C23CC[C@@]1(C)S3. The molecule has 0 saturated carbocycles. The van der Waals surface area contributed by atoms with Gasteiger partial charge in [-0.25, -0.2) is 0 Å². The molecule has 3 fully saturated rings. The number of nitrogens with one attached hydrogen (secondary N) is 2. The number of halogens is 1. The standard InChI is InChI=1S/C24H32ClN3O4S/c1-4-12-26-20(30)17-18-22(32)28(14(5-2)13-29)19(24(18)11-10-23(17,3)33-24)21(31)27-16-9-7-6-8-15(16)25/h6-9,14,17-19,29H,4-5,10-13H2,1-3H3,(H,26,30)(H,27,31)/t14-,17-,18-,19?,23+,24?/m0/s1. The van der Waals surface area contributed by atoms with Crippen LogP contribution >= 0.6 is 23.4 Å². The Balaban J connectivity index is 1.76. The predicted octanol–water partition coefficient (Wildman–Crippen LogP) is 3.06. The largest absolute Gasteiger partial charge is 0.394 e. The Bertz CT molecular complexity index is 957. The summed E-state index contributed by atoms with van der Waals surface area (Å²) < 4.78 is -1.12. The molecule has 0 aliphatic carbocycles. The van der Waals surface area contributed by atoms with E-state index >= 15 is 0 Å². The van der Waals surface area contributed by atoms with Crippen molar-refractivity contribution in [2.24, 2.45) is 11.8 Å². The van der Waals surface area contributed by atoms with E-state index in [-0.39, 0.29) is 24.3 Å². The van der Waals surface area contributed by atoms with Gasteiger partial charge in [0.1, 0.15) is 6.04 Å². The van der Waals surface area contributed by atoms with Crippen LogP contribution in [0.3, 0.4) is 0 Å². The minimum absolute atomic E-state index is 0.115. The van der Waals surface area contributed by atoms with E-state index in [2.05, 4.69) is 10.6 Å². The predicted molar refractivity (Wildman–Crippen MR) is 130 cm³/mol. The summed E-state index contributed by atoms with van der Waals surface area (Å²) in [5, 5.41) is 16.4. The number of anilines is 1. The second-order valence-corrected chi connectivity index (χ2v) is 11.8. The van der Waals surface area contributed by atoms with E-state index in [1.807, 2.05) is 20.8 Å². The molecule has 3 aliphatic heterocycles. The lowest BCUT2D eigenvalue weighted by atomic mass is 9.66. The van der Waals surface area contributed by atoms with Gasteiger partial charge >= 0.3 is 0 Å². The topological polar surface area (TPSA) is 98.7 Å². The molecule has 6 atom stereocenters. The zero-order chi connectivity index (χ0) is 24.0.